The van der Waals surface area contributed by atoms with Crippen molar-refractivity contribution in [3.63, 3.8) is 0 Å². The number of hydrogen-bond donors (Lipinski definition) is 2. The molecule has 2 N–H and O–H groups in total. The first-order valence-electron chi connectivity index (χ1n) is 5.56. The van der Waals surface area contributed by atoms with E-state index in [4.69, 9.17) is 5.11 Å². The summed E-state index contributed by atoms with van der Waals surface area (Å²) in [5.74, 6) is -1.56. The Balaban J connectivity index is 2.37. The number of aliphatic carboxylic acids is 1. The maximum absolute atomic E-state index is 10.8. The summed E-state index contributed by atoms with van der Waals surface area (Å²) in [6.07, 6.45) is 1.37. The molecule has 1 unspecified atom stereocenters. The first kappa shape index (κ1) is 12.7. The highest BCUT2D eigenvalue weighted by Gasteiger charge is 2.22. The molecule has 0 aromatic heterocycles. The fraction of sp³-hybridized carbons (Fsp3) is 0.462. The van der Waals surface area contributed by atoms with Crippen LogP contribution in [-0.2, 0) is 11.2 Å². The molecule has 0 aliphatic carbocycles. The Morgan fingerprint density at radius 2 is 1.94 bits per heavy atom. The molecule has 0 amide bonds. The smallest absolute Gasteiger partial charge is 0.309 e. The minimum Gasteiger partial charge on any atom is -0.481 e. The van der Waals surface area contributed by atoms with Gasteiger partial charge in [0.15, 0.2) is 0 Å². The molecule has 0 saturated heterocycles. The van der Waals surface area contributed by atoms with Crippen LogP contribution in [0.4, 0.5) is 0 Å². The van der Waals surface area contributed by atoms with Crippen LogP contribution < -0.4 is 0 Å². The average Bonchev–Trinajstić information content (AvgIpc) is 2.24. The molecular weight excluding hydrogens is 204 g/mol. The van der Waals surface area contributed by atoms with Crippen molar-refractivity contribution in [2.24, 2.45) is 5.92 Å². The van der Waals surface area contributed by atoms with Gasteiger partial charge in [-0.1, -0.05) is 30.3 Å². The zero-order chi connectivity index (χ0) is 12.0. The van der Waals surface area contributed by atoms with Crippen LogP contribution in [-0.4, -0.2) is 22.3 Å². The van der Waals surface area contributed by atoms with Crippen molar-refractivity contribution < 1.29 is 15.0 Å². The first-order chi connectivity index (χ1) is 7.61. The number of aliphatic hydroxyl groups excluding tert-OH is 1. The van der Waals surface area contributed by atoms with E-state index >= 15 is 0 Å². The van der Waals surface area contributed by atoms with Crippen molar-refractivity contribution >= 4 is 5.97 Å². The monoisotopic (exact) mass is 222 g/mol. The lowest BCUT2D eigenvalue weighted by atomic mass is 9.95. The summed E-state index contributed by atoms with van der Waals surface area (Å²) in [7, 11) is 0. The van der Waals surface area contributed by atoms with Gasteiger partial charge < -0.3 is 10.2 Å². The normalized spacial score (nSPS) is 14.4. The van der Waals surface area contributed by atoms with Gasteiger partial charge in [-0.15, -0.1) is 0 Å². The Hall–Kier alpha value is -1.35. The Labute approximate surface area is 95.7 Å². The maximum Gasteiger partial charge on any atom is 0.309 e. The van der Waals surface area contributed by atoms with Crippen LogP contribution >= 0.6 is 0 Å². The van der Waals surface area contributed by atoms with Crippen LogP contribution in [0, 0.1) is 5.92 Å². The molecular formula is C13H18O3. The molecule has 0 bridgehead atoms. The molecule has 1 aromatic rings. The van der Waals surface area contributed by atoms with Gasteiger partial charge >= 0.3 is 5.97 Å². The van der Waals surface area contributed by atoms with E-state index in [9.17, 15) is 9.90 Å². The number of carbonyl (C=O) groups is 1. The van der Waals surface area contributed by atoms with E-state index in [1.807, 2.05) is 30.3 Å². The van der Waals surface area contributed by atoms with E-state index in [0.29, 0.717) is 6.42 Å². The first-order valence-corrected chi connectivity index (χ1v) is 5.56. The fourth-order valence-electron chi connectivity index (χ4n) is 1.74. The van der Waals surface area contributed by atoms with E-state index in [1.54, 1.807) is 0 Å². The van der Waals surface area contributed by atoms with Gasteiger partial charge in [0, 0.05) is 0 Å². The topological polar surface area (TPSA) is 57.5 Å². The lowest BCUT2D eigenvalue weighted by molar-refractivity contribution is -0.145. The van der Waals surface area contributed by atoms with Crippen molar-refractivity contribution in [1.29, 1.82) is 0 Å². The van der Waals surface area contributed by atoms with Gasteiger partial charge in [0.1, 0.15) is 0 Å². The van der Waals surface area contributed by atoms with E-state index in [-0.39, 0.29) is 0 Å². The van der Waals surface area contributed by atoms with Crippen molar-refractivity contribution in [1.82, 2.24) is 0 Å². The third-order valence-electron chi connectivity index (χ3n) is 2.72. The summed E-state index contributed by atoms with van der Waals surface area (Å²) in [6.45, 7) is 1.53. The van der Waals surface area contributed by atoms with Crippen molar-refractivity contribution in [3.8, 4) is 0 Å². The molecule has 1 aromatic carbocycles. The SMILES string of the molecule is C[C@@H](O)C(CCCc1ccccc1)C(=O)O. The quantitative estimate of drug-likeness (QED) is 0.774. The second-order valence-corrected chi connectivity index (χ2v) is 4.06. The number of carboxylic acids is 1. The van der Waals surface area contributed by atoms with Crippen molar-refractivity contribution in [3.05, 3.63) is 35.9 Å². The molecule has 3 nitrogen and oxygen atoms in total. The van der Waals surface area contributed by atoms with E-state index in [1.165, 1.54) is 12.5 Å². The zero-order valence-electron chi connectivity index (χ0n) is 9.47. The maximum atomic E-state index is 10.8. The van der Waals surface area contributed by atoms with Crippen LogP contribution in [0.5, 0.6) is 0 Å². The Morgan fingerprint density at radius 1 is 1.31 bits per heavy atom. The summed E-state index contributed by atoms with van der Waals surface area (Å²) in [5, 5.41) is 18.2. The molecule has 0 spiro atoms. The molecule has 0 heterocycles. The predicted octanol–water partition coefficient (Wildman–Crippen LogP) is 2.09. The predicted molar refractivity (Wildman–Crippen MR) is 62.2 cm³/mol. The molecule has 16 heavy (non-hydrogen) atoms. The van der Waals surface area contributed by atoms with E-state index < -0.39 is 18.0 Å². The Bertz CT molecular complexity index is 319. The lowest BCUT2D eigenvalue weighted by Crippen LogP contribution is -2.25. The molecule has 2 atom stereocenters. The summed E-state index contributed by atoms with van der Waals surface area (Å²) in [5.41, 5.74) is 1.21. The number of aryl methyl sites for hydroxylation is 1. The van der Waals surface area contributed by atoms with Gasteiger partial charge in [0.2, 0.25) is 0 Å². The second kappa shape index (κ2) is 6.28. The zero-order valence-corrected chi connectivity index (χ0v) is 9.47. The second-order valence-electron chi connectivity index (χ2n) is 4.06. The number of aliphatic hydroxyl groups is 1. The van der Waals surface area contributed by atoms with Gasteiger partial charge in [-0.2, -0.15) is 0 Å². The summed E-state index contributed by atoms with van der Waals surface area (Å²) < 4.78 is 0. The van der Waals surface area contributed by atoms with Gasteiger partial charge in [0.25, 0.3) is 0 Å². The van der Waals surface area contributed by atoms with Crippen LogP contribution in [0.1, 0.15) is 25.3 Å². The highest BCUT2D eigenvalue weighted by Crippen LogP contribution is 2.14. The molecule has 0 saturated carbocycles. The standard InChI is InChI=1S/C13H18O3/c1-10(14)12(13(15)16)9-5-8-11-6-3-2-4-7-11/h2-4,6-7,10,12,14H,5,8-9H2,1H3,(H,15,16)/t10-,12?/m1/s1. The van der Waals surface area contributed by atoms with Crippen LogP contribution in [0.15, 0.2) is 30.3 Å². The average molecular weight is 222 g/mol. The molecule has 0 aliphatic rings. The third kappa shape index (κ3) is 4.03. The van der Waals surface area contributed by atoms with Gasteiger partial charge in [-0.05, 0) is 31.7 Å². The highest BCUT2D eigenvalue weighted by molar-refractivity contribution is 5.70. The molecule has 3 heteroatoms. The number of rotatable bonds is 6. The van der Waals surface area contributed by atoms with Crippen LogP contribution in [0.2, 0.25) is 0 Å². The third-order valence-corrected chi connectivity index (χ3v) is 2.72. The molecule has 0 aliphatic heterocycles. The van der Waals surface area contributed by atoms with Crippen LogP contribution in [0.25, 0.3) is 0 Å². The molecule has 88 valence electrons. The highest BCUT2D eigenvalue weighted by atomic mass is 16.4. The summed E-state index contributed by atoms with van der Waals surface area (Å²) in [4.78, 5) is 10.8. The Kier molecular flexibility index (Phi) is 4.99. The summed E-state index contributed by atoms with van der Waals surface area (Å²) in [6, 6.07) is 9.95. The molecule has 0 radical (unpaired) electrons. The van der Waals surface area contributed by atoms with Gasteiger partial charge in [-0.25, -0.2) is 0 Å². The van der Waals surface area contributed by atoms with Crippen molar-refractivity contribution in [2.45, 2.75) is 32.3 Å². The number of carboxylic acid groups (broad SMARTS) is 1. The number of hydrogen-bond acceptors (Lipinski definition) is 2. The van der Waals surface area contributed by atoms with Crippen molar-refractivity contribution in [2.75, 3.05) is 0 Å². The van der Waals surface area contributed by atoms with Gasteiger partial charge in [0.05, 0.1) is 12.0 Å². The molecule has 1 rings (SSSR count). The summed E-state index contributed by atoms with van der Waals surface area (Å²) >= 11 is 0. The van der Waals surface area contributed by atoms with Gasteiger partial charge in [-0.3, -0.25) is 4.79 Å². The van der Waals surface area contributed by atoms with E-state index in [2.05, 4.69) is 0 Å². The van der Waals surface area contributed by atoms with E-state index in [0.717, 1.165) is 12.8 Å². The molecule has 0 fully saturated rings. The lowest BCUT2D eigenvalue weighted by Gasteiger charge is -2.14. The number of benzene rings is 1. The Morgan fingerprint density at radius 3 is 2.44 bits per heavy atom. The largest absolute Gasteiger partial charge is 0.481 e. The minimum atomic E-state index is -0.914. The minimum absolute atomic E-state index is 0.516. The fourth-order valence-corrected chi connectivity index (χ4v) is 1.74. The van der Waals surface area contributed by atoms with Crippen LogP contribution in [0.3, 0.4) is 0 Å².